The molecule has 6 nitrogen and oxygen atoms in total. The van der Waals surface area contributed by atoms with Crippen LogP contribution in [0.25, 0.3) is 0 Å². The van der Waals surface area contributed by atoms with E-state index < -0.39 is 6.10 Å². The van der Waals surface area contributed by atoms with Crippen LogP contribution in [0.1, 0.15) is 26.2 Å². The quantitative estimate of drug-likeness (QED) is 0.684. The Balaban J connectivity index is 1.88. The molecular formula is C12H19NO5. The van der Waals surface area contributed by atoms with Gasteiger partial charge < -0.3 is 9.47 Å². The minimum absolute atomic E-state index is 0.132. The Bertz CT molecular complexity index is 362. The molecule has 102 valence electrons. The molecule has 6 heteroatoms. The first-order valence-electron chi connectivity index (χ1n) is 6.35. The minimum Gasteiger partial charge on any atom is -0.467 e. The molecule has 1 saturated carbocycles. The molecule has 2 saturated heterocycles. The third-order valence-corrected chi connectivity index (χ3v) is 4.76. The van der Waals surface area contributed by atoms with E-state index in [1.54, 1.807) is 7.11 Å². The molecule has 0 aromatic carbocycles. The normalized spacial score (nSPS) is 47.1. The maximum absolute atomic E-state index is 11.8. The van der Waals surface area contributed by atoms with E-state index in [9.17, 15) is 4.79 Å². The molecular weight excluding hydrogens is 238 g/mol. The molecule has 3 fully saturated rings. The highest BCUT2D eigenvalue weighted by molar-refractivity contribution is 5.75. The summed E-state index contributed by atoms with van der Waals surface area (Å²) in [6.07, 6.45) is 2.02. The standard InChI is InChI=1S/C12H19NO5/c1-12-7-4-5-8(12)10(11(14)16-3)18-13(12)17-9(6-7)15-2/h7-10H,4-6H2,1-3H3/t7-,8+,9-,10-,12+/m1/s1. The van der Waals surface area contributed by atoms with E-state index in [-0.39, 0.29) is 23.7 Å². The maximum atomic E-state index is 11.8. The lowest BCUT2D eigenvalue weighted by Crippen LogP contribution is -2.54. The Labute approximate surface area is 106 Å². The monoisotopic (exact) mass is 257 g/mol. The van der Waals surface area contributed by atoms with Crippen molar-refractivity contribution in [3.63, 3.8) is 0 Å². The van der Waals surface area contributed by atoms with Gasteiger partial charge in [0.1, 0.15) is 0 Å². The fraction of sp³-hybridized carbons (Fsp3) is 0.917. The van der Waals surface area contributed by atoms with Gasteiger partial charge in [0.2, 0.25) is 0 Å². The molecule has 0 amide bonds. The van der Waals surface area contributed by atoms with Crippen LogP contribution >= 0.6 is 0 Å². The highest BCUT2D eigenvalue weighted by Gasteiger charge is 2.65. The highest BCUT2D eigenvalue weighted by atomic mass is 17.0. The fourth-order valence-electron chi connectivity index (χ4n) is 3.64. The number of hydroxylamine groups is 2. The van der Waals surface area contributed by atoms with Crippen LogP contribution in [0, 0.1) is 11.8 Å². The van der Waals surface area contributed by atoms with Crippen LogP contribution in [0.5, 0.6) is 0 Å². The van der Waals surface area contributed by atoms with E-state index in [1.165, 1.54) is 12.3 Å². The number of esters is 1. The van der Waals surface area contributed by atoms with E-state index >= 15 is 0 Å². The number of nitrogens with zero attached hydrogens (tertiary/aromatic N) is 1. The second kappa shape index (κ2) is 4.16. The number of hydrogen-bond acceptors (Lipinski definition) is 6. The Morgan fingerprint density at radius 1 is 1.33 bits per heavy atom. The van der Waals surface area contributed by atoms with Crippen LogP contribution in [0.3, 0.4) is 0 Å². The summed E-state index contributed by atoms with van der Waals surface area (Å²) < 4.78 is 10.1. The molecule has 3 rings (SSSR count). The van der Waals surface area contributed by atoms with Gasteiger partial charge in [-0.15, -0.1) is 0 Å². The molecule has 18 heavy (non-hydrogen) atoms. The van der Waals surface area contributed by atoms with Crippen molar-refractivity contribution < 1.29 is 23.9 Å². The van der Waals surface area contributed by atoms with Gasteiger partial charge in [-0.05, 0) is 25.7 Å². The minimum atomic E-state index is -0.555. The van der Waals surface area contributed by atoms with E-state index in [0.717, 1.165) is 19.3 Å². The zero-order chi connectivity index (χ0) is 12.9. The number of hydrogen-bond donors (Lipinski definition) is 0. The summed E-state index contributed by atoms with van der Waals surface area (Å²) in [7, 11) is 3.00. The van der Waals surface area contributed by atoms with Crippen molar-refractivity contribution in [1.82, 2.24) is 5.23 Å². The smallest absolute Gasteiger partial charge is 0.337 e. The summed E-state index contributed by atoms with van der Waals surface area (Å²) >= 11 is 0. The van der Waals surface area contributed by atoms with Gasteiger partial charge in [-0.3, -0.25) is 4.84 Å². The van der Waals surface area contributed by atoms with Crippen molar-refractivity contribution in [3.05, 3.63) is 0 Å². The van der Waals surface area contributed by atoms with Gasteiger partial charge in [0.25, 0.3) is 0 Å². The van der Waals surface area contributed by atoms with E-state index in [4.69, 9.17) is 19.1 Å². The average Bonchev–Trinajstić information content (AvgIpc) is 2.87. The second-order valence-electron chi connectivity index (χ2n) is 5.42. The second-order valence-corrected chi connectivity index (χ2v) is 5.42. The van der Waals surface area contributed by atoms with E-state index in [2.05, 4.69) is 6.92 Å². The van der Waals surface area contributed by atoms with Gasteiger partial charge in [0.15, 0.2) is 12.4 Å². The third kappa shape index (κ3) is 1.46. The Hall–Kier alpha value is -0.690. The molecule has 2 aliphatic heterocycles. The lowest BCUT2D eigenvalue weighted by Gasteiger charge is -2.43. The molecule has 0 aromatic heterocycles. The summed E-state index contributed by atoms with van der Waals surface area (Å²) in [6, 6.07) is 0. The molecule has 0 N–H and O–H groups in total. The molecule has 0 unspecified atom stereocenters. The maximum Gasteiger partial charge on any atom is 0.337 e. The first-order valence-corrected chi connectivity index (χ1v) is 6.35. The molecule has 0 aromatic rings. The summed E-state index contributed by atoms with van der Waals surface area (Å²) in [5, 5.41) is 1.49. The predicted octanol–water partition coefficient (Wildman–Crippen LogP) is 0.868. The molecule has 0 spiro atoms. The molecule has 0 radical (unpaired) electrons. The van der Waals surface area contributed by atoms with Crippen molar-refractivity contribution in [3.8, 4) is 0 Å². The fourth-order valence-corrected chi connectivity index (χ4v) is 3.64. The van der Waals surface area contributed by atoms with Crippen molar-refractivity contribution in [2.45, 2.75) is 44.1 Å². The first kappa shape index (κ1) is 12.3. The number of rotatable bonds is 2. The number of carbonyl (C=O) groups is 1. The Morgan fingerprint density at radius 3 is 2.78 bits per heavy atom. The van der Waals surface area contributed by atoms with Crippen LogP contribution in [0.2, 0.25) is 0 Å². The van der Waals surface area contributed by atoms with Gasteiger partial charge in [-0.25, -0.2) is 9.63 Å². The number of ether oxygens (including phenoxy) is 2. The summed E-state index contributed by atoms with van der Waals surface area (Å²) in [4.78, 5) is 23.1. The zero-order valence-corrected chi connectivity index (χ0v) is 10.9. The van der Waals surface area contributed by atoms with E-state index in [1.807, 2.05) is 0 Å². The van der Waals surface area contributed by atoms with E-state index in [0.29, 0.717) is 5.92 Å². The zero-order valence-electron chi connectivity index (χ0n) is 10.9. The SMILES string of the molecule is COC(=O)[C@@H]1ON2O[C@@H](OC)C[C@H]3CC[C@@H]1[C@]32C. The lowest BCUT2D eigenvalue weighted by atomic mass is 9.79. The Morgan fingerprint density at radius 2 is 2.11 bits per heavy atom. The summed E-state index contributed by atoms with van der Waals surface area (Å²) in [5.41, 5.74) is -0.242. The number of methoxy groups -OCH3 is 2. The van der Waals surface area contributed by atoms with Crippen LogP contribution in [-0.2, 0) is 23.9 Å². The van der Waals surface area contributed by atoms with Crippen molar-refractivity contribution >= 4 is 5.97 Å². The topological polar surface area (TPSA) is 57.2 Å². The van der Waals surface area contributed by atoms with Crippen LogP contribution < -0.4 is 0 Å². The molecule has 0 bridgehead atoms. The lowest BCUT2D eigenvalue weighted by molar-refractivity contribution is -0.456. The third-order valence-electron chi connectivity index (χ3n) is 4.76. The Kier molecular flexibility index (Phi) is 2.85. The van der Waals surface area contributed by atoms with Crippen LogP contribution in [0.4, 0.5) is 0 Å². The van der Waals surface area contributed by atoms with Crippen LogP contribution in [-0.4, -0.2) is 43.3 Å². The number of carbonyl (C=O) groups excluding carboxylic acids is 1. The molecule has 5 atom stereocenters. The summed E-state index contributed by atoms with van der Waals surface area (Å²) in [6.45, 7) is 2.10. The highest BCUT2D eigenvalue weighted by Crippen LogP contribution is 2.56. The largest absolute Gasteiger partial charge is 0.467 e. The van der Waals surface area contributed by atoms with Gasteiger partial charge >= 0.3 is 5.97 Å². The average molecular weight is 257 g/mol. The molecule has 2 heterocycles. The first-order chi connectivity index (χ1) is 8.61. The predicted molar refractivity (Wildman–Crippen MR) is 59.8 cm³/mol. The van der Waals surface area contributed by atoms with Gasteiger partial charge in [-0.2, -0.15) is 0 Å². The van der Waals surface area contributed by atoms with Gasteiger partial charge in [0, 0.05) is 19.4 Å². The van der Waals surface area contributed by atoms with Crippen molar-refractivity contribution in [2.24, 2.45) is 11.8 Å². The van der Waals surface area contributed by atoms with Crippen molar-refractivity contribution in [2.75, 3.05) is 14.2 Å². The van der Waals surface area contributed by atoms with Gasteiger partial charge in [-0.1, -0.05) is 5.23 Å². The van der Waals surface area contributed by atoms with Gasteiger partial charge in [0.05, 0.1) is 12.6 Å². The molecule has 1 aliphatic carbocycles. The van der Waals surface area contributed by atoms with Crippen LogP contribution in [0.15, 0.2) is 0 Å². The van der Waals surface area contributed by atoms with Crippen molar-refractivity contribution in [1.29, 1.82) is 0 Å². The summed E-state index contributed by atoms with van der Waals surface area (Å²) in [5.74, 6) is 0.234. The molecule has 3 aliphatic rings.